The predicted molar refractivity (Wildman–Crippen MR) is 110 cm³/mol. The second-order valence-corrected chi connectivity index (χ2v) is 6.67. The second kappa shape index (κ2) is 11.7. The molecule has 0 amide bonds. The maximum atomic E-state index is 9.10. The van der Waals surface area contributed by atoms with Crippen molar-refractivity contribution >= 4 is 11.9 Å². The van der Waals surface area contributed by atoms with Crippen molar-refractivity contribution in [1.29, 1.82) is 0 Å². The molecule has 30 heavy (non-hydrogen) atoms. The van der Waals surface area contributed by atoms with Crippen LogP contribution in [0.2, 0.25) is 0 Å². The summed E-state index contributed by atoms with van der Waals surface area (Å²) in [6.07, 6.45) is 1.86. The third-order valence-corrected chi connectivity index (χ3v) is 4.61. The van der Waals surface area contributed by atoms with Crippen molar-refractivity contribution in [2.24, 2.45) is 0 Å². The van der Waals surface area contributed by atoms with E-state index in [4.69, 9.17) is 29.3 Å². The molecule has 0 saturated carbocycles. The summed E-state index contributed by atoms with van der Waals surface area (Å²) < 4.78 is 10.7. The van der Waals surface area contributed by atoms with Crippen LogP contribution in [0.1, 0.15) is 11.3 Å². The van der Waals surface area contributed by atoms with Crippen molar-refractivity contribution < 1.29 is 29.3 Å². The van der Waals surface area contributed by atoms with Gasteiger partial charge >= 0.3 is 11.9 Å². The molecular formula is C21H27N3O6. The van der Waals surface area contributed by atoms with Gasteiger partial charge in [0, 0.05) is 45.5 Å². The Hall–Kier alpha value is -3.17. The highest BCUT2D eigenvalue weighted by atomic mass is 16.5. The topological polar surface area (TPSA) is 112 Å². The number of carboxylic acids is 2. The number of aromatic nitrogens is 1. The Bertz CT molecular complexity index is 811. The van der Waals surface area contributed by atoms with E-state index in [0.29, 0.717) is 0 Å². The van der Waals surface area contributed by atoms with Crippen molar-refractivity contribution in [3.05, 3.63) is 53.9 Å². The lowest BCUT2D eigenvalue weighted by atomic mass is 10.1. The molecule has 9 nitrogen and oxygen atoms in total. The molecule has 0 aliphatic carbocycles. The molecule has 162 valence electrons. The number of benzene rings is 1. The van der Waals surface area contributed by atoms with E-state index >= 15 is 0 Å². The first-order chi connectivity index (χ1) is 14.4. The van der Waals surface area contributed by atoms with E-state index in [-0.39, 0.29) is 0 Å². The highest BCUT2D eigenvalue weighted by Gasteiger charge is 2.18. The van der Waals surface area contributed by atoms with Crippen LogP contribution < -0.4 is 9.47 Å². The summed E-state index contributed by atoms with van der Waals surface area (Å²) in [4.78, 5) is 27.6. The van der Waals surface area contributed by atoms with E-state index in [9.17, 15) is 0 Å². The van der Waals surface area contributed by atoms with Gasteiger partial charge in [-0.3, -0.25) is 14.8 Å². The van der Waals surface area contributed by atoms with E-state index in [1.54, 1.807) is 14.2 Å². The van der Waals surface area contributed by atoms with E-state index < -0.39 is 11.9 Å². The van der Waals surface area contributed by atoms with Crippen LogP contribution in [0.15, 0.2) is 42.6 Å². The highest BCUT2D eigenvalue weighted by Crippen LogP contribution is 2.28. The molecule has 1 aliphatic heterocycles. The third-order valence-electron chi connectivity index (χ3n) is 4.61. The van der Waals surface area contributed by atoms with Crippen LogP contribution in [-0.2, 0) is 22.7 Å². The molecule has 0 spiro atoms. The third kappa shape index (κ3) is 7.34. The first-order valence-electron chi connectivity index (χ1n) is 9.44. The number of pyridine rings is 1. The normalized spacial score (nSPS) is 14.3. The van der Waals surface area contributed by atoms with Crippen molar-refractivity contribution in [2.75, 3.05) is 40.4 Å². The first-order valence-corrected chi connectivity index (χ1v) is 9.44. The van der Waals surface area contributed by atoms with Crippen molar-refractivity contribution in [3.8, 4) is 11.5 Å². The number of carbonyl (C=O) groups is 2. The Morgan fingerprint density at radius 2 is 1.50 bits per heavy atom. The van der Waals surface area contributed by atoms with E-state index in [2.05, 4.69) is 39.0 Å². The summed E-state index contributed by atoms with van der Waals surface area (Å²) in [6, 6.07) is 12.3. The molecule has 1 saturated heterocycles. The molecule has 0 atom stereocenters. The molecule has 0 unspecified atom stereocenters. The van der Waals surface area contributed by atoms with Gasteiger partial charge in [-0.05, 0) is 29.8 Å². The Kier molecular flexibility index (Phi) is 9.04. The van der Waals surface area contributed by atoms with E-state index in [0.717, 1.165) is 56.5 Å². The number of aliphatic carboxylic acids is 2. The average molecular weight is 417 g/mol. The summed E-state index contributed by atoms with van der Waals surface area (Å²) in [5.74, 6) is -2.07. The lowest BCUT2D eigenvalue weighted by molar-refractivity contribution is -0.159. The minimum Gasteiger partial charge on any atom is -0.493 e. The maximum Gasteiger partial charge on any atom is 0.414 e. The Balaban J connectivity index is 0.000000469. The minimum absolute atomic E-state index is 0.779. The minimum atomic E-state index is -1.82. The zero-order chi connectivity index (χ0) is 21.9. The average Bonchev–Trinajstić information content (AvgIpc) is 2.76. The number of hydrogen-bond donors (Lipinski definition) is 2. The van der Waals surface area contributed by atoms with Crippen LogP contribution in [-0.4, -0.2) is 77.3 Å². The fraction of sp³-hybridized carbons (Fsp3) is 0.381. The number of hydrogen-bond acceptors (Lipinski definition) is 7. The number of carboxylic acid groups (broad SMARTS) is 2. The highest BCUT2D eigenvalue weighted by molar-refractivity contribution is 6.27. The molecular weight excluding hydrogens is 390 g/mol. The van der Waals surface area contributed by atoms with Gasteiger partial charge in [-0.25, -0.2) is 9.59 Å². The monoisotopic (exact) mass is 417 g/mol. The van der Waals surface area contributed by atoms with E-state index in [1.165, 1.54) is 5.56 Å². The molecule has 9 heteroatoms. The number of piperazine rings is 1. The molecule has 1 aliphatic rings. The molecule has 0 radical (unpaired) electrons. The van der Waals surface area contributed by atoms with Gasteiger partial charge in [-0.2, -0.15) is 0 Å². The maximum absolute atomic E-state index is 9.10. The fourth-order valence-corrected chi connectivity index (χ4v) is 3.06. The Morgan fingerprint density at radius 3 is 2.00 bits per heavy atom. The van der Waals surface area contributed by atoms with Crippen LogP contribution in [0.25, 0.3) is 0 Å². The van der Waals surface area contributed by atoms with Gasteiger partial charge in [-0.15, -0.1) is 0 Å². The van der Waals surface area contributed by atoms with Gasteiger partial charge in [0.25, 0.3) is 0 Å². The summed E-state index contributed by atoms with van der Waals surface area (Å²) in [5, 5.41) is 14.8. The SMILES string of the molecule is COc1ccc(CN2CCN(Cc3ccccn3)CC2)cc1OC.O=C(O)C(=O)O. The van der Waals surface area contributed by atoms with Crippen LogP contribution in [0, 0.1) is 0 Å². The molecule has 2 aromatic rings. The number of nitrogens with zero attached hydrogens (tertiary/aromatic N) is 3. The fourth-order valence-electron chi connectivity index (χ4n) is 3.06. The molecule has 3 rings (SSSR count). The lowest BCUT2D eigenvalue weighted by Gasteiger charge is -2.34. The molecule has 1 aromatic heterocycles. The zero-order valence-corrected chi connectivity index (χ0v) is 17.2. The van der Waals surface area contributed by atoms with Crippen LogP contribution in [0.4, 0.5) is 0 Å². The van der Waals surface area contributed by atoms with Gasteiger partial charge in [0.2, 0.25) is 0 Å². The molecule has 2 heterocycles. The van der Waals surface area contributed by atoms with Gasteiger partial charge in [0.05, 0.1) is 19.9 Å². The van der Waals surface area contributed by atoms with Crippen molar-refractivity contribution in [3.63, 3.8) is 0 Å². The second-order valence-electron chi connectivity index (χ2n) is 6.67. The smallest absolute Gasteiger partial charge is 0.414 e. The summed E-state index contributed by atoms with van der Waals surface area (Å²) in [6.45, 7) is 6.17. The molecule has 1 aromatic carbocycles. The standard InChI is InChI=1S/C19H25N3O2.C2H2O4/c1-23-18-7-6-16(13-19(18)24-2)14-21-9-11-22(12-10-21)15-17-5-3-4-8-20-17;3-1(4)2(5)6/h3-8,13H,9-12,14-15H2,1-2H3;(H,3,4)(H,5,6). The Labute approximate surface area is 175 Å². The number of methoxy groups -OCH3 is 2. The largest absolute Gasteiger partial charge is 0.493 e. The first kappa shape index (κ1) is 23.1. The zero-order valence-electron chi connectivity index (χ0n) is 17.2. The quantitative estimate of drug-likeness (QED) is 0.676. The molecule has 2 N–H and O–H groups in total. The predicted octanol–water partition coefficient (Wildman–Crippen LogP) is 1.57. The van der Waals surface area contributed by atoms with Gasteiger partial charge in [0.15, 0.2) is 11.5 Å². The van der Waals surface area contributed by atoms with Gasteiger partial charge in [0.1, 0.15) is 0 Å². The number of ether oxygens (including phenoxy) is 2. The van der Waals surface area contributed by atoms with Crippen LogP contribution >= 0.6 is 0 Å². The van der Waals surface area contributed by atoms with Crippen LogP contribution in [0.3, 0.4) is 0 Å². The van der Waals surface area contributed by atoms with Crippen molar-refractivity contribution in [1.82, 2.24) is 14.8 Å². The van der Waals surface area contributed by atoms with Crippen LogP contribution in [0.5, 0.6) is 11.5 Å². The van der Waals surface area contributed by atoms with E-state index in [1.807, 2.05) is 18.3 Å². The van der Waals surface area contributed by atoms with Gasteiger partial charge < -0.3 is 19.7 Å². The summed E-state index contributed by atoms with van der Waals surface area (Å²) in [5.41, 5.74) is 2.40. The molecule has 1 fully saturated rings. The summed E-state index contributed by atoms with van der Waals surface area (Å²) in [7, 11) is 3.34. The molecule has 0 bridgehead atoms. The summed E-state index contributed by atoms with van der Waals surface area (Å²) >= 11 is 0. The number of rotatable bonds is 6. The van der Waals surface area contributed by atoms with Crippen molar-refractivity contribution in [2.45, 2.75) is 13.1 Å². The van der Waals surface area contributed by atoms with Gasteiger partial charge in [-0.1, -0.05) is 12.1 Å². The Morgan fingerprint density at radius 1 is 0.900 bits per heavy atom. The lowest BCUT2D eigenvalue weighted by Crippen LogP contribution is -2.45.